The standard InChI is InChI=1S/C28H44O6/c1-7-11-13-21(9-3)19-33-27(29)26(28(30)34-20-22(10-4)14-12-8-2)17-23-15-24(31-5)18-25(16-23)32-6/h15-18,21-22H,7-14,19-20H2,1-6H3. The van der Waals surface area contributed by atoms with Gasteiger partial charge in [0.15, 0.2) is 0 Å². The summed E-state index contributed by atoms with van der Waals surface area (Å²) in [6, 6.07) is 5.19. The maximum absolute atomic E-state index is 13.0. The van der Waals surface area contributed by atoms with Crippen molar-refractivity contribution < 1.29 is 28.5 Å². The first-order valence-corrected chi connectivity index (χ1v) is 12.7. The second-order valence-corrected chi connectivity index (χ2v) is 8.73. The lowest BCUT2D eigenvalue weighted by Crippen LogP contribution is -2.23. The molecule has 0 heterocycles. The Morgan fingerprint density at radius 2 is 1.21 bits per heavy atom. The number of esters is 2. The molecule has 0 aliphatic heterocycles. The van der Waals surface area contributed by atoms with E-state index in [4.69, 9.17) is 18.9 Å². The third-order valence-electron chi connectivity index (χ3n) is 6.11. The molecule has 0 saturated carbocycles. The average molecular weight is 477 g/mol. The predicted octanol–water partition coefficient (Wildman–Crippen LogP) is 6.61. The predicted molar refractivity (Wildman–Crippen MR) is 136 cm³/mol. The fourth-order valence-electron chi connectivity index (χ4n) is 3.62. The lowest BCUT2D eigenvalue weighted by atomic mass is 10.0. The fourth-order valence-corrected chi connectivity index (χ4v) is 3.62. The molecule has 1 aromatic rings. The van der Waals surface area contributed by atoms with Gasteiger partial charge in [0.25, 0.3) is 0 Å². The Bertz CT molecular complexity index is 714. The van der Waals surface area contributed by atoms with E-state index in [9.17, 15) is 9.59 Å². The Hall–Kier alpha value is -2.50. The molecule has 2 atom stereocenters. The highest BCUT2D eigenvalue weighted by atomic mass is 16.6. The van der Waals surface area contributed by atoms with Gasteiger partial charge in [-0.1, -0.05) is 66.2 Å². The minimum absolute atomic E-state index is 0.119. The number of hydrogen-bond donors (Lipinski definition) is 0. The molecular weight excluding hydrogens is 432 g/mol. The number of rotatable bonds is 17. The molecule has 6 heteroatoms. The summed E-state index contributed by atoms with van der Waals surface area (Å²) in [7, 11) is 3.10. The largest absolute Gasteiger partial charge is 0.497 e. The number of hydrogen-bond acceptors (Lipinski definition) is 6. The van der Waals surface area contributed by atoms with Crippen molar-refractivity contribution in [2.45, 2.75) is 79.1 Å². The van der Waals surface area contributed by atoms with Crippen LogP contribution in [0.2, 0.25) is 0 Å². The van der Waals surface area contributed by atoms with Crippen LogP contribution in [0.4, 0.5) is 0 Å². The van der Waals surface area contributed by atoms with Gasteiger partial charge in [0.05, 0.1) is 27.4 Å². The van der Waals surface area contributed by atoms with Crippen molar-refractivity contribution in [1.29, 1.82) is 0 Å². The van der Waals surface area contributed by atoms with Gasteiger partial charge in [-0.3, -0.25) is 0 Å². The van der Waals surface area contributed by atoms with Crippen LogP contribution in [0.1, 0.15) is 84.6 Å². The van der Waals surface area contributed by atoms with Crippen LogP contribution in [0.25, 0.3) is 6.08 Å². The van der Waals surface area contributed by atoms with Gasteiger partial charge in [-0.05, 0) is 48.4 Å². The van der Waals surface area contributed by atoms with E-state index in [-0.39, 0.29) is 30.6 Å². The summed E-state index contributed by atoms with van der Waals surface area (Å²) in [5, 5.41) is 0. The third-order valence-corrected chi connectivity index (χ3v) is 6.11. The van der Waals surface area contributed by atoms with Gasteiger partial charge in [-0.2, -0.15) is 0 Å². The van der Waals surface area contributed by atoms with E-state index in [1.54, 1.807) is 32.4 Å². The third kappa shape index (κ3) is 10.6. The van der Waals surface area contributed by atoms with Crippen molar-refractivity contribution >= 4 is 18.0 Å². The normalized spacial score (nSPS) is 12.4. The first-order chi connectivity index (χ1) is 16.4. The number of methoxy groups -OCH3 is 2. The van der Waals surface area contributed by atoms with Gasteiger partial charge in [0, 0.05) is 6.07 Å². The Labute approximate surface area is 206 Å². The van der Waals surface area contributed by atoms with E-state index >= 15 is 0 Å². The van der Waals surface area contributed by atoms with Crippen LogP contribution in [0.3, 0.4) is 0 Å². The van der Waals surface area contributed by atoms with E-state index in [0.29, 0.717) is 17.1 Å². The molecular formula is C28H44O6. The highest BCUT2D eigenvalue weighted by Crippen LogP contribution is 2.25. The monoisotopic (exact) mass is 476 g/mol. The number of carbonyl (C=O) groups is 2. The minimum atomic E-state index is -0.664. The fraction of sp³-hybridized carbons (Fsp3) is 0.643. The van der Waals surface area contributed by atoms with Crippen LogP contribution in [0.15, 0.2) is 23.8 Å². The van der Waals surface area contributed by atoms with E-state index in [1.807, 2.05) is 0 Å². The first kappa shape index (κ1) is 29.5. The summed E-state index contributed by atoms with van der Waals surface area (Å²) >= 11 is 0. The Balaban J connectivity index is 3.12. The van der Waals surface area contributed by atoms with Gasteiger partial charge >= 0.3 is 11.9 Å². The number of ether oxygens (including phenoxy) is 4. The summed E-state index contributed by atoms with van der Waals surface area (Å²) in [5.74, 6) is 0.339. The molecule has 192 valence electrons. The molecule has 0 N–H and O–H groups in total. The molecule has 0 aliphatic carbocycles. The summed E-state index contributed by atoms with van der Waals surface area (Å²) in [5.41, 5.74) is 0.474. The number of carbonyl (C=O) groups excluding carboxylic acids is 2. The molecule has 2 unspecified atom stereocenters. The summed E-state index contributed by atoms with van der Waals surface area (Å²) in [6.07, 6.45) is 9.67. The van der Waals surface area contributed by atoms with Crippen LogP contribution in [-0.4, -0.2) is 39.4 Å². The second kappa shape index (κ2) is 17.0. The molecule has 0 radical (unpaired) electrons. The van der Waals surface area contributed by atoms with Gasteiger partial charge in [0.2, 0.25) is 0 Å². The summed E-state index contributed by atoms with van der Waals surface area (Å²) in [6.45, 7) is 9.03. The molecule has 0 spiro atoms. The van der Waals surface area contributed by atoms with Crippen LogP contribution in [-0.2, 0) is 19.1 Å². The maximum atomic E-state index is 13.0. The quantitative estimate of drug-likeness (QED) is 0.109. The molecule has 1 aromatic carbocycles. The summed E-state index contributed by atoms with van der Waals surface area (Å²) < 4.78 is 21.8. The van der Waals surface area contributed by atoms with Crippen molar-refractivity contribution in [3.05, 3.63) is 29.3 Å². The molecule has 6 nitrogen and oxygen atoms in total. The molecule has 1 rings (SSSR count). The van der Waals surface area contributed by atoms with Crippen LogP contribution in [0.5, 0.6) is 11.5 Å². The zero-order chi connectivity index (χ0) is 25.3. The first-order valence-electron chi connectivity index (χ1n) is 12.7. The zero-order valence-corrected chi connectivity index (χ0v) is 22.0. The highest BCUT2D eigenvalue weighted by molar-refractivity contribution is 6.17. The summed E-state index contributed by atoms with van der Waals surface area (Å²) in [4.78, 5) is 26.0. The van der Waals surface area contributed by atoms with Gasteiger partial charge < -0.3 is 18.9 Å². The van der Waals surface area contributed by atoms with Crippen LogP contribution in [0, 0.1) is 11.8 Å². The van der Waals surface area contributed by atoms with E-state index < -0.39 is 11.9 Å². The van der Waals surface area contributed by atoms with E-state index in [0.717, 1.165) is 51.4 Å². The van der Waals surface area contributed by atoms with Crippen LogP contribution < -0.4 is 9.47 Å². The number of benzene rings is 1. The molecule has 0 fully saturated rings. The lowest BCUT2D eigenvalue weighted by molar-refractivity contribution is -0.148. The topological polar surface area (TPSA) is 71.1 Å². The Morgan fingerprint density at radius 3 is 1.56 bits per heavy atom. The maximum Gasteiger partial charge on any atom is 0.345 e. The minimum Gasteiger partial charge on any atom is -0.497 e. The molecule has 0 amide bonds. The zero-order valence-electron chi connectivity index (χ0n) is 22.0. The molecule has 0 aromatic heterocycles. The molecule has 0 saturated heterocycles. The average Bonchev–Trinajstić information content (AvgIpc) is 2.86. The molecule has 0 aliphatic rings. The van der Waals surface area contributed by atoms with Crippen molar-refractivity contribution in [2.24, 2.45) is 11.8 Å². The van der Waals surface area contributed by atoms with Crippen LogP contribution >= 0.6 is 0 Å². The van der Waals surface area contributed by atoms with Gasteiger partial charge in [-0.15, -0.1) is 0 Å². The smallest absolute Gasteiger partial charge is 0.345 e. The molecule has 34 heavy (non-hydrogen) atoms. The SMILES string of the molecule is CCCCC(CC)COC(=O)C(=Cc1cc(OC)cc(OC)c1)C(=O)OCC(CC)CCCC. The van der Waals surface area contributed by atoms with E-state index in [1.165, 1.54) is 6.08 Å². The van der Waals surface area contributed by atoms with Gasteiger partial charge in [0.1, 0.15) is 17.1 Å². The van der Waals surface area contributed by atoms with Crippen molar-refractivity contribution in [2.75, 3.05) is 27.4 Å². The van der Waals surface area contributed by atoms with Gasteiger partial charge in [-0.25, -0.2) is 9.59 Å². The van der Waals surface area contributed by atoms with Crippen molar-refractivity contribution in [3.8, 4) is 11.5 Å². The second-order valence-electron chi connectivity index (χ2n) is 8.73. The lowest BCUT2D eigenvalue weighted by Gasteiger charge is -2.17. The molecule has 0 bridgehead atoms. The number of unbranched alkanes of at least 4 members (excludes halogenated alkanes) is 2. The Morgan fingerprint density at radius 1 is 0.765 bits per heavy atom. The highest BCUT2D eigenvalue weighted by Gasteiger charge is 2.24. The Kier molecular flexibility index (Phi) is 14.8. The van der Waals surface area contributed by atoms with E-state index in [2.05, 4.69) is 27.7 Å². The van der Waals surface area contributed by atoms with Crippen molar-refractivity contribution in [3.63, 3.8) is 0 Å². The van der Waals surface area contributed by atoms with Crippen molar-refractivity contribution in [1.82, 2.24) is 0 Å².